The van der Waals surface area contributed by atoms with Crippen molar-refractivity contribution in [2.45, 2.75) is 12.7 Å². The van der Waals surface area contributed by atoms with Crippen molar-refractivity contribution in [3.8, 4) is 0 Å². The summed E-state index contributed by atoms with van der Waals surface area (Å²) in [6.07, 6.45) is -4.35. The van der Waals surface area contributed by atoms with Gasteiger partial charge in [-0.2, -0.15) is 13.2 Å². The van der Waals surface area contributed by atoms with Crippen LogP contribution in [0.1, 0.15) is 11.1 Å². The number of carbonyl (C=O) groups is 1. The van der Waals surface area contributed by atoms with Gasteiger partial charge in [0.1, 0.15) is 0 Å². The summed E-state index contributed by atoms with van der Waals surface area (Å²) in [5.74, 6) is 0.253. The van der Waals surface area contributed by atoms with Gasteiger partial charge in [0.25, 0.3) is 0 Å². The first-order chi connectivity index (χ1) is 11.8. The Hall–Kier alpha value is -1.56. The summed E-state index contributed by atoms with van der Waals surface area (Å²) in [5, 5.41) is 5.56. The van der Waals surface area contributed by atoms with E-state index in [2.05, 4.69) is 15.6 Å². The van der Waals surface area contributed by atoms with E-state index in [0.717, 1.165) is 12.1 Å². The largest absolute Gasteiger partial charge is 0.416 e. The first-order valence-corrected chi connectivity index (χ1v) is 7.61. The van der Waals surface area contributed by atoms with E-state index < -0.39 is 11.7 Å². The maximum atomic E-state index is 12.6. The van der Waals surface area contributed by atoms with Gasteiger partial charge >= 0.3 is 6.18 Å². The van der Waals surface area contributed by atoms with Crippen LogP contribution in [-0.2, 0) is 22.3 Å². The minimum atomic E-state index is -4.35. The molecule has 0 spiro atoms. The number of hydrogen-bond acceptors (Lipinski definition) is 3. The molecule has 0 aliphatic rings. The second-order valence-electron chi connectivity index (χ2n) is 5.29. The zero-order chi connectivity index (χ0) is 18.9. The van der Waals surface area contributed by atoms with E-state index in [1.165, 1.54) is 12.1 Å². The van der Waals surface area contributed by atoms with Crippen molar-refractivity contribution in [1.82, 2.24) is 15.5 Å². The van der Waals surface area contributed by atoms with E-state index in [1.807, 2.05) is 0 Å². The molecule has 1 aromatic rings. The molecule has 0 radical (unpaired) electrons. The van der Waals surface area contributed by atoms with Crippen molar-refractivity contribution < 1.29 is 22.7 Å². The number of halogens is 4. The molecule has 1 amide bonds. The molecular formula is C16H24F3IN4O2. The minimum absolute atomic E-state index is 0. The van der Waals surface area contributed by atoms with E-state index in [0.29, 0.717) is 31.2 Å². The molecule has 0 aromatic heterocycles. The SMILES string of the molecule is CN=C(NCC(=O)NCCOC)N(C)Cc1ccc(C(F)(F)F)cc1.I. The van der Waals surface area contributed by atoms with Crippen LogP contribution < -0.4 is 10.6 Å². The van der Waals surface area contributed by atoms with Gasteiger partial charge in [-0.15, -0.1) is 24.0 Å². The fourth-order valence-corrected chi connectivity index (χ4v) is 2.05. The molecule has 0 heterocycles. The highest BCUT2D eigenvalue weighted by Crippen LogP contribution is 2.29. The third kappa shape index (κ3) is 8.70. The molecule has 0 saturated carbocycles. The fraction of sp³-hybridized carbons (Fsp3) is 0.500. The Morgan fingerprint density at radius 3 is 2.35 bits per heavy atom. The lowest BCUT2D eigenvalue weighted by Crippen LogP contribution is -2.44. The summed E-state index contributed by atoms with van der Waals surface area (Å²) in [6.45, 7) is 1.22. The van der Waals surface area contributed by atoms with Crippen molar-refractivity contribution in [1.29, 1.82) is 0 Å². The van der Waals surface area contributed by atoms with Crippen molar-refractivity contribution >= 4 is 35.8 Å². The minimum Gasteiger partial charge on any atom is -0.383 e. The van der Waals surface area contributed by atoms with Crippen LogP contribution in [0, 0.1) is 0 Å². The molecule has 1 aromatic carbocycles. The van der Waals surface area contributed by atoms with Crippen LogP contribution in [0.2, 0.25) is 0 Å². The van der Waals surface area contributed by atoms with Gasteiger partial charge in [0, 0.05) is 34.3 Å². The van der Waals surface area contributed by atoms with Gasteiger partial charge in [-0.05, 0) is 17.7 Å². The number of alkyl halides is 3. The maximum absolute atomic E-state index is 12.6. The average Bonchev–Trinajstić information content (AvgIpc) is 2.55. The first kappa shape index (κ1) is 24.4. The highest BCUT2D eigenvalue weighted by molar-refractivity contribution is 14.0. The molecule has 10 heteroatoms. The van der Waals surface area contributed by atoms with Gasteiger partial charge in [0.15, 0.2) is 5.96 Å². The number of methoxy groups -OCH3 is 1. The quantitative estimate of drug-likeness (QED) is 0.267. The molecule has 0 aliphatic carbocycles. The van der Waals surface area contributed by atoms with Gasteiger partial charge < -0.3 is 20.3 Å². The van der Waals surface area contributed by atoms with Gasteiger partial charge in [-0.25, -0.2) is 0 Å². The Bertz CT molecular complexity index is 580. The van der Waals surface area contributed by atoms with Gasteiger partial charge in [0.05, 0.1) is 18.7 Å². The Morgan fingerprint density at radius 1 is 1.23 bits per heavy atom. The Labute approximate surface area is 168 Å². The molecule has 1 rings (SSSR count). The van der Waals surface area contributed by atoms with Crippen molar-refractivity contribution in [3.63, 3.8) is 0 Å². The highest BCUT2D eigenvalue weighted by Gasteiger charge is 2.29. The van der Waals surface area contributed by atoms with Crippen LogP contribution in [0.5, 0.6) is 0 Å². The van der Waals surface area contributed by atoms with Crippen LogP contribution in [0.25, 0.3) is 0 Å². The number of nitrogens with one attached hydrogen (secondary N) is 2. The van der Waals surface area contributed by atoms with E-state index >= 15 is 0 Å². The summed E-state index contributed by atoms with van der Waals surface area (Å²) in [5.41, 5.74) is 0.0112. The lowest BCUT2D eigenvalue weighted by Gasteiger charge is -2.22. The number of guanidine groups is 1. The lowest BCUT2D eigenvalue weighted by atomic mass is 10.1. The van der Waals surface area contributed by atoms with Gasteiger partial charge in [-0.1, -0.05) is 12.1 Å². The molecule has 2 N–H and O–H groups in total. The van der Waals surface area contributed by atoms with Crippen molar-refractivity contribution in [2.24, 2.45) is 4.99 Å². The monoisotopic (exact) mass is 488 g/mol. The van der Waals surface area contributed by atoms with Crippen LogP contribution in [0.4, 0.5) is 13.2 Å². The van der Waals surface area contributed by atoms with E-state index in [4.69, 9.17) is 4.74 Å². The van der Waals surface area contributed by atoms with Gasteiger partial charge in [0.2, 0.25) is 5.91 Å². The predicted octanol–water partition coefficient (Wildman–Crippen LogP) is 2.09. The standard InChI is InChI=1S/C16H23F3N4O2.HI/c1-20-15(22-10-14(24)21-8-9-25-3)23(2)11-12-4-6-13(7-5-12)16(17,18)19;/h4-7H,8-11H2,1-3H3,(H,20,22)(H,21,24);1H. The predicted molar refractivity (Wildman–Crippen MR) is 105 cm³/mol. The summed E-state index contributed by atoms with van der Waals surface area (Å²) < 4.78 is 42.5. The van der Waals surface area contributed by atoms with Crippen LogP contribution in [0.3, 0.4) is 0 Å². The van der Waals surface area contributed by atoms with E-state index in [1.54, 1.807) is 26.1 Å². The van der Waals surface area contributed by atoms with Crippen molar-refractivity contribution in [3.05, 3.63) is 35.4 Å². The number of carbonyl (C=O) groups excluding carboxylic acids is 1. The maximum Gasteiger partial charge on any atom is 0.416 e. The molecule has 0 aliphatic heterocycles. The molecule has 6 nitrogen and oxygen atoms in total. The van der Waals surface area contributed by atoms with Crippen LogP contribution in [0.15, 0.2) is 29.3 Å². The van der Waals surface area contributed by atoms with E-state index in [9.17, 15) is 18.0 Å². The average molecular weight is 488 g/mol. The number of ether oxygens (including phenoxy) is 1. The van der Waals surface area contributed by atoms with Crippen molar-refractivity contribution in [2.75, 3.05) is 40.9 Å². The number of nitrogens with zero attached hydrogens (tertiary/aromatic N) is 2. The smallest absolute Gasteiger partial charge is 0.383 e. The normalized spacial score (nSPS) is 11.5. The number of aliphatic imine (C=N–C) groups is 1. The van der Waals surface area contributed by atoms with Crippen LogP contribution in [-0.4, -0.2) is 57.7 Å². The highest BCUT2D eigenvalue weighted by atomic mass is 127. The Balaban J connectivity index is 0.00000625. The lowest BCUT2D eigenvalue weighted by molar-refractivity contribution is -0.137. The topological polar surface area (TPSA) is 66.0 Å². The second-order valence-corrected chi connectivity index (χ2v) is 5.29. The third-order valence-electron chi connectivity index (χ3n) is 3.31. The Kier molecular flexibility index (Phi) is 11.2. The molecule has 148 valence electrons. The zero-order valence-corrected chi connectivity index (χ0v) is 17.2. The Morgan fingerprint density at radius 2 is 1.85 bits per heavy atom. The molecule has 0 saturated heterocycles. The van der Waals surface area contributed by atoms with Gasteiger partial charge in [-0.3, -0.25) is 9.79 Å². The van der Waals surface area contributed by atoms with Crippen LogP contribution >= 0.6 is 24.0 Å². The molecule has 0 fully saturated rings. The number of rotatable bonds is 7. The second kappa shape index (κ2) is 11.9. The zero-order valence-electron chi connectivity index (χ0n) is 14.9. The third-order valence-corrected chi connectivity index (χ3v) is 3.31. The molecule has 0 bridgehead atoms. The number of hydrogen-bond donors (Lipinski definition) is 2. The number of benzene rings is 1. The summed E-state index contributed by atoms with van der Waals surface area (Å²) in [4.78, 5) is 17.4. The summed E-state index contributed by atoms with van der Waals surface area (Å²) >= 11 is 0. The fourth-order valence-electron chi connectivity index (χ4n) is 2.05. The molecule has 26 heavy (non-hydrogen) atoms. The van der Waals surface area contributed by atoms with E-state index in [-0.39, 0.29) is 36.4 Å². The molecule has 0 unspecified atom stereocenters. The summed E-state index contributed by atoms with van der Waals surface area (Å²) in [7, 11) is 4.84. The first-order valence-electron chi connectivity index (χ1n) is 7.61. The molecule has 0 atom stereocenters. The molecular weight excluding hydrogens is 464 g/mol. The number of amides is 1. The summed E-state index contributed by atoms with van der Waals surface area (Å²) in [6, 6.07) is 4.93.